The summed E-state index contributed by atoms with van der Waals surface area (Å²) >= 11 is 9.15. The summed E-state index contributed by atoms with van der Waals surface area (Å²) in [6, 6.07) is 4.74. The second-order valence-electron chi connectivity index (χ2n) is 3.35. The number of hydrogen-bond donors (Lipinski definition) is 1. The van der Waals surface area contributed by atoms with Crippen molar-refractivity contribution in [2.45, 2.75) is 6.42 Å². The molecule has 0 bridgehead atoms. The lowest BCUT2D eigenvalue weighted by Crippen LogP contribution is -2.49. The third-order valence-electron chi connectivity index (χ3n) is 2.25. The molecule has 0 atom stereocenters. The number of carbonyl (C=O) groups is 2. The van der Waals surface area contributed by atoms with Crippen LogP contribution in [0, 0.1) is 0 Å². The van der Waals surface area contributed by atoms with Crippen molar-refractivity contribution in [1.82, 2.24) is 5.32 Å². The summed E-state index contributed by atoms with van der Waals surface area (Å²) in [5.74, 6) is -0.244. The summed E-state index contributed by atoms with van der Waals surface area (Å²) in [6.07, 6.45) is 0.306. The summed E-state index contributed by atoms with van der Waals surface area (Å²) in [6.45, 7) is 0.380. The Morgan fingerprint density at radius 1 is 1.38 bits per heavy atom. The maximum Gasteiger partial charge on any atom is 0.328 e. The average Bonchev–Trinajstić information content (AvgIpc) is 2.19. The van der Waals surface area contributed by atoms with Gasteiger partial charge < -0.3 is 0 Å². The fourth-order valence-corrected chi connectivity index (χ4v) is 2.39. The third kappa shape index (κ3) is 2.20. The van der Waals surface area contributed by atoms with Gasteiger partial charge in [0, 0.05) is 22.5 Å². The second-order valence-corrected chi connectivity index (χ2v) is 4.64. The fraction of sp³-hybridized carbons (Fsp3) is 0.200. The monoisotopic (exact) mass is 302 g/mol. The number of halogens is 2. The van der Waals surface area contributed by atoms with Gasteiger partial charge in [-0.2, -0.15) is 0 Å². The number of imide groups is 1. The molecule has 0 aliphatic carbocycles. The summed E-state index contributed by atoms with van der Waals surface area (Å²) in [4.78, 5) is 24.1. The maximum absolute atomic E-state index is 11.6. The molecular weight excluding hydrogens is 295 g/mol. The predicted molar refractivity (Wildman–Crippen MR) is 64.7 cm³/mol. The van der Waals surface area contributed by atoms with Crippen molar-refractivity contribution in [1.29, 1.82) is 0 Å². The van der Waals surface area contributed by atoms with Gasteiger partial charge in [-0.25, -0.2) is 4.79 Å². The minimum atomic E-state index is -0.403. The standard InChI is InChI=1S/C10H8BrClN2O2/c11-7-5-6(12)1-2-8(7)14-4-3-9(15)13-10(14)16/h1-2,5H,3-4H2,(H,13,15,16). The molecule has 2 rings (SSSR count). The molecule has 84 valence electrons. The highest BCUT2D eigenvalue weighted by atomic mass is 79.9. The summed E-state index contributed by atoms with van der Waals surface area (Å²) in [5.41, 5.74) is 0.703. The quantitative estimate of drug-likeness (QED) is 0.867. The Labute approximate surface area is 106 Å². The number of benzene rings is 1. The molecular formula is C10H8BrClN2O2. The Morgan fingerprint density at radius 3 is 2.75 bits per heavy atom. The molecule has 1 aromatic carbocycles. The second kappa shape index (κ2) is 4.43. The first-order valence-corrected chi connectivity index (χ1v) is 5.81. The fourth-order valence-electron chi connectivity index (χ4n) is 1.49. The van der Waals surface area contributed by atoms with Crippen LogP contribution in [-0.2, 0) is 4.79 Å². The van der Waals surface area contributed by atoms with Crippen LogP contribution in [0.3, 0.4) is 0 Å². The van der Waals surface area contributed by atoms with Crippen LogP contribution in [0.1, 0.15) is 6.42 Å². The number of anilines is 1. The van der Waals surface area contributed by atoms with Crippen LogP contribution < -0.4 is 10.2 Å². The van der Waals surface area contributed by atoms with Crippen molar-refractivity contribution < 1.29 is 9.59 Å². The smallest absolute Gasteiger partial charge is 0.292 e. The van der Waals surface area contributed by atoms with Crippen LogP contribution in [0.4, 0.5) is 10.5 Å². The van der Waals surface area contributed by atoms with E-state index in [1.165, 1.54) is 4.90 Å². The summed E-state index contributed by atoms with van der Waals surface area (Å²) in [7, 11) is 0. The van der Waals surface area contributed by atoms with Crippen molar-refractivity contribution in [3.05, 3.63) is 27.7 Å². The molecule has 1 fully saturated rings. The molecule has 0 radical (unpaired) electrons. The minimum absolute atomic E-state index is 0.244. The van der Waals surface area contributed by atoms with E-state index in [4.69, 9.17) is 11.6 Å². The lowest BCUT2D eigenvalue weighted by Gasteiger charge is -2.27. The van der Waals surface area contributed by atoms with Crippen molar-refractivity contribution in [2.24, 2.45) is 0 Å². The van der Waals surface area contributed by atoms with E-state index in [1.807, 2.05) is 0 Å². The zero-order valence-electron chi connectivity index (χ0n) is 8.17. The molecule has 1 aliphatic heterocycles. The highest BCUT2D eigenvalue weighted by Gasteiger charge is 2.25. The summed E-state index contributed by atoms with van der Waals surface area (Å²) < 4.78 is 0.726. The molecule has 0 saturated carbocycles. The number of nitrogens with one attached hydrogen (secondary N) is 1. The topological polar surface area (TPSA) is 49.4 Å². The first-order valence-electron chi connectivity index (χ1n) is 4.64. The van der Waals surface area contributed by atoms with Gasteiger partial charge in [-0.05, 0) is 34.1 Å². The molecule has 6 heteroatoms. The van der Waals surface area contributed by atoms with E-state index in [0.717, 1.165) is 4.47 Å². The van der Waals surface area contributed by atoms with Crippen LogP contribution in [0.25, 0.3) is 0 Å². The lowest BCUT2D eigenvalue weighted by molar-refractivity contribution is -0.120. The maximum atomic E-state index is 11.6. The first kappa shape index (κ1) is 11.4. The molecule has 3 amide bonds. The van der Waals surface area contributed by atoms with E-state index in [0.29, 0.717) is 23.7 Å². The van der Waals surface area contributed by atoms with Crippen molar-refractivity contribution in [2.75, 3.05) is 11.4 Å². The Morgan fingerprint density at radius 2 is 2.12 bits per heavy atom. The third-order valence-corrected chi connectivity index (χ3v) is 3.12. The molecule has 1 N–H and O–H groups in total. The van der Waals surface area contributed by atoms with Crippen LogP contribution in [0.15, 0.2) is 22.7 Å². The molecule has 1 saturated heterocycles. The largest absolute Gasteiger partial charge is 0.328 e. The molecule has 1 heterocycles. The molecule has 0 spiro atoms. The molecule has 16 heavy (non-hydrogen) atoms. The number of nitrogens with zero attached hydrogens (tertiary/aromatic N) is 1. The number of carbonyl (C=O) groups excluding carboxylic acids is 2. The lowest BCUT2D eigenvalue weighted by atomic mass is 10.2. The van der Waals surface area contributed by atoms with Crippen molar-refractivity contribution in [3.8, 4) is 0 Å². The Balaban J connectivity index is 2.30. The first-order chi connectivity index (χ1) is 7.58. The van der Waals surface area contributed by atoms with E-state index in [1.54, 1.807) is 18.2 Å². The van der Waals surface area contributed by atoms with E-state index in [2.05, 4.69) is 21.2 Å². The van der Waals surface area contributed by atoms with E-state index in [9.17, 15) is 9.59 Å². The van der Waals surface area contributed by atoms with Gasteiger partial charge in [-0.15, -0.1) is 0 Å². The van der Waals surface area contributed by atoms with Crippen LogP contribution in [0.2, 0.25) is 5.02 Å². The van der Waals surface area contributed by atoms with Gasteiger partial charge in [0.15, 0.2) is 0 Å². The molecule has 1 aromatic rings. The Kier molecular flexibility index (Phi) is 3.16. The van der Waals surface area contributed by atoms with Gasteiger partial charge in [0.25, 0.3) is 0 Å². The van der Waals surface area contributed by atoms with Gasteiger partial charge in [0.2, 0.25) is 5.91 Å². The van der Waals surface area contributed by atoms with E-state index in [-0.39, 0.29) is 5.91 Å². The van der Waals surface area contributed by atoms with Crippen molar-refractivity contribution in [3.63, 3.8) is 0 Å². The molecule has 0 unspecified atom stereocenters. The van der Waals surface area contributed by atoms with Crippen LogP contribution in [0.5, 0.6) is 0 Å². The number of rotatable bonds is 1. The van der Waals surface area contributed by atoms with Gasteiger partial charge in [-0.3, -0.25) is 15.0 Å². The molecule has 1 aliphatic rings. The van der Waals surface area contributed by atoms with Gasteiger partial charge in [0.1, 0.15) is 0 Å². The van der Waals surface area contributed by atoms with Gasteiger partial charge in [0.05, 0.1) is 5.69 Å². The SMILES string of the molecule is O=C1CCN(c2ccc(Cl)cc2Br)C(=O)N1. The van der Waals surface area contributed by atoms with E-state index >= 15 is 0 Å². The number of hydrogen-bond acceptors (Lipinski definition) is 2. The zero-order valence-corrected chi connectivity index (χ0v) is 10.5. The Hall–Kier alpha value is -1.07. The number of urea groups is 1. The normalized spacial score (nSPS) is 16.2. The summed E-state index contributed by atoms with van der Waals surface area (Å²) in [5, 5.41) is 2.85. The molecule has 4 nitrogen and oxygen atoms in total. The van der Waals surface area contributed by atoms with Crippen LogP contribution >= 0.6 is 27.5 Å². The average molecular weight is 304 g/mol. The van der Waals surface area contributed by atoms with Crippen LogP contribution in [-0.4, -0.2) is 18.5 Å². The highest BCUT2D eigenvalue weighted by molar-refractivity contribution is 9.10. The van der Waals surface area contributed by atoms with Gasteiger partial charge in [-0.1, -0.05) is 11.6 Å². The predicted octanol–water partition coefficient (Wildman–Crippen LogP) is 2.55. The minimum Gasteiger partial charge on any atom is -0.292 e. The van der Waals surface area contributed by atoms with Gasteiger partial charge >= 0.3 is 6.03 Å². The number of amides is 3. The Bertz CT molecular complexity index is 464. The molecule has 0 aromatic heterocycles. The zero-order chi connectivity index (χ0) is 11.7. The van der Waals surface area contributed by atoms with E-state index < -0.39 is 6.03 Å². The highest BCUT2D eigenvalue weighted by Crippen LogP contribution is 2.30. The van der Waals surface area contributed by atoms with Crippen molar-refractivity contribution >= 4 is 45.2 Å².